The molecule has 0 saturated heterocycles. The van der Waals surface area contributed by atoms with Crippen LogP contribution in [0.2, 0.25) is 0 Å². The largest absolute Gasteiger partial charge is 0.455 e. The van der Waals surface area contributed by atoms with Crippen LogP contribution < -0.4 is 4.90 Å². The third-order valence-corrected chi connectivity index (χ3v) is 16.3. The standard InChI is InChI=1S/C58H51NO/c1-36-31-38-33-37(2)58(40(32-36)34-38)50-19-7-3-13-44(50)48-35-42(27-28-51(48)58)59(53-21-12-20-52-55(53)47-15-4-6-18-49(47)57(52)29-9-10-30-57)41-25-23-39(24-26-41)43-16-11-17-46-45-14-5-8-22-54(45)60-56(43)46/h3-8,11-28,35-38,40H,9-10,29-34H2,1-2H3/t36-,37+,38?,40+,58-/m1/s1. The molecule has 7 aromatic carbocycles. The van der Waals surface area contributed by atoms with E-state index in [0.29, 0.717) is 11.8 Å². The fourth-order valence-electron chi connectivity index (χ4n) is 14.2. The van der Waals surface area contributed by atoms with E-state index in [2.05, 4.69) is 170 Å². The van der Waals surface area contributed by atoms with Crippen molar-refractivity contribution in [3.05, 3.63) is 174 Å². The van der Waals surface area contributed by atoms with Crippen molar-refractivity contribution in [1.29, 1.82) is 0 Å². The lowest BCUT2D eigenvalue weighted by Gasteiger charge is -2.54. The Kier molecular flexibility index (Phi) is 7.47. The molecule has 3 fully saturated rings. The predicted octanol–water partition coefficient (Wildman–Crippen LogP) is 15.9. The summed E-state index contributed by atoms with van der Waals surface area (Å²) in [4.78, 5) is 2.59. The summed E-state index contributed by atoms with van der Waals surface area (Å²) >= 11 is 0. The van der Waals surface area contributed by atoms with E-state index in [1.165, 1.54) is 102 Å². The van der Waals surface area contributed by atoms with Gasteiger partial charge >= 0.3 is 0 Å². The SMILES string of the molecule is C[C@@H]1CC2C[C@H](C1)[C@@]1(c3ccccc3-c3cc(N(c4ccc(-c5cccc6c5oc5ccccc56)cc4)c4cccc5c4-c4ccccc4C54CCCC4)ccc31)[C@@H](C)C2. The molecule has 1 unspecified atom stereocenters. The van der Waals surface area contributed by atoms with Gasteiger partial charge in [0, 0.05) is 44.1 Å². The van der Waals surface area contributed by atoms with Gasteiger partial charge < -0.3 is 9.32 Å². The molecule has 294 valence electrons. The number of benzene rings is 7. The lowest BCUT2D eigenvalue weighted by Crippen LogP contribution is -2.49. The fourth-order valence-corrected chi connectivity index (χ4v) is 14.2. The van der Waals surface area contributed by atoms with Gasteiger partial charge in [0.15, 0.2) is 0 Å². The minimum atomic E-state index is 0.0710. The maximum atomic E-state index is 6.53. The van der Waals surface area contributed by atoms with Crippen LogP contribution in [-0.4, -0.2) is 0 Å². The van der Waals surface area contributed by atoms with Gasteiger partial charge in [-0.1, -0.05) is 142 Å². The van der Waals surface area contributed by atoms with Crippen LogP contribution in [0.1, 0.15) is 87.5 Å². The molecule has 1 heterocycles. The summed E-state index contributed by atoms with van der Waals surface area (Å²) < 4.78 is 6.53. The van der Waals surface area contributed by atoms with Gasteiger partial charge in [0.25, 0.3) is 0 Å². The monoisotopic (exact) mass is 777 g/mol. The lowest BCUT2D eigenvalue weighted by molar-refractivity contribution is 0.0426. The van der Waals surface area contributed by atoms with E-state index < -0.39 is 0 Å². The summed E-state index contributed by atoms with van der Waals surface area (Å²) in [6.07, 6.45) is 10.4. The van der Waals surface area contributed by atoms with E-state index in [4.69, 9.17) is 4.42 Å². The molecule has 2 spiro atoms. The van der Waals surface area contributed by atoms with Crippen molar-refractivity contribution in [2.75, 3.05) is 4.90 Å². The van der Waals surface area contributed by atoms with Crippen molar-refractivity contribution in [1.82, 2.24) is 0 Å². The van der Waals surface area contributed by atoms with Crippen LogP contribution in [0.4, 0.5) is 17.1 Å². The summed E-state index contributed by atoms with van der Waals surface area (Å²) in [6.45, 7) is 5.10. The molecule has 5 aliphatic carbocycles. The van der Waals surface area contributed by atoms with Crippen molar-refractivity contribution in [2.24, 2.45) is 23.7 Å². The highest BCUT2D eigenvalue weighted by Gasteiger charge is 2.56. The molecule has 2 nitrogen and oxygen atoms in total. The minimum Gasteiger partial charge on any atom is -0.455 e. The Labute approximate surface area is 353 Å². The van der Waals surface area contributed by atoms with Crippen LogP contribution in [0, 0.1) is 23.7 Å². The molecule has 13 rings (SSSR count). The number of fused-ring (bicyclic) bond motifs is 16. The van der Waals surface area contributed by atoms with E-state index in [0.717, 1.165) is 44.9 Å². The third-order valence-electron chi connectivity index (χ3n) is 16.3. The van der Waals surface area contributed by atoms with E-state index >= 15 is 0 Å². The highest BCUT2D eigenvalue weighted by Crippen LogP contribution is 2.65. The number of rotatable bonds is 4. The second kappa shape index (κ2) is 12.8. The molecule has 8 aromatic rings. The normalized spacial score (nSPS) is 24.2. The molecule has 1 aromatic heterocycles. The van der Waals surface area contributed by atoms with Gasteiger partial charge in [-0.3, -0.25) is 0 Å². The zero-order valence-electron chi connectivity index (χ0n) is 34.8. The van der Waals surface area contributed by atoms with Crippen molar-refractivity contribution in [3.8, 4) is 33.4 Å². The third kappa shape index (κ3) is 4.66. The molecule has 3 saturated carbocycles. The van der Waals surface area contributed by atoms with Crippen LogP contribution in [0.25, 0.3) is 55.3 Å². The van der Waals surface area contributed by atoms with E-state index in [-0.39, 0.29) is 10.8 Å². The van der Waals surface area contributed by atoms with E-state index in [1.807, 2.05) is 0 Å². The Morgan fingerprint density at radius 3 is 2.08 bits per heavy atom. The van der Waals surface area contributed by atoms with Gasteiger partial charge in [-0.05, 0) is 143 Å². The maximum absolute atomic E-state index is 6.53. The van der Waals surface area contributed by atoms with Crippen molar-refractivity contribution in [3.63, 3.8) is 0 Å². The average molecular weight is 778 g/mol. The van der Waals surface area contributed by atoms with Crippen molar-refractivity contribution in [2.45, 2.75) is 76.0 Å². The first-order chi connectivity index (χ1) is 29.5. The van der Waals surface area contributed by atoms with Crippen LogP contribution in [0.15, 0.2) is 156 Å². The summed E-state index contributed by atoms with van der Waals surface area (Å²) in [5.74, 6) is 2.94. The van der Waals surface area contributed by atoms with Gasteiger partial charge in [-0.2, -0.15) is 0 Å². The molecular formula is C58H51NO. The molecule has 0 aliphatic heterocycles. The highest BCUT2D eigenvalue weighted by molar-refractivity contribution is 6.09. The Bertz CT molecular complexity index is 3010. The predicted molar refractivity (Wildman–Crippen MR) is 249 cm³/mol. The number of furan rings is 1. The van der Waals surface area contributed by atoms with Gasteiger partial charge in [-0.15, -0.1) is 0 Å². The quantitative estimate of drug-likeness (QED) is 0.177. The van der Waals surface area contributed by atoms with E-state index in [9.17, 15) is 0 Å². The first-order valence-electron chi connectivity index (χ1n) is 22.8. The average Bonchev–Trinajstić information content (AvgIpc) is 4.05. The second-order valence-corrected chi connectivity index (χ2v) is 19.4. The smallest absolute Gasteiger partial charge is 0.143 e. The molecule has 2 heteroatoms. The Morgan fingerprint density at radius 2 is 1.22 bits per heavy atom. The van der Waals surface area contributed by atoms with Gasteiger partial charge in [0.1, 0.15) is 11.2 Å². The van der Waals surface area contributed by atoms with Crippen molar-refractivity contribution < 1.29 is 4.42 Å². The van der Waals surface area contributed by atoms with Gasteiger partial charge in [0.05, 0.1) is 5.69 Å². The van der Waals surface area contributed by atoms with Crippen LogP contribution >= 0.6 is 0 Å². The first-order valence-corrected chi connectivity index (χ1v) is 22.8. The number of hydrogen-bond acceptors (Lipinski definition) is 2. The van der Waals surface area contributed by atoms with Crippen molar-refractivity contribution >= 4 is 39.0 Å². The Hall–Kier alpha value is -5.86. The zero-order valence-corrected chi connectivity index (χ0v) is 34.8. The number of nitrogens with zero attached hydrogens (tertiary/aromatic N) is 1. The topological polar surface area (TPSA) is 16.4 Å². The molecular weight excluding hydrogens is 727 g/mol. The zero-order chi connectivity index (χ0) is 39.7. The molecule has 5 atom stereocenters. The Morgan fingerprint density at radius 1 is 0.533 bits per heavy atom. The number of hydrogen-bond donors (Lipinski definition) is 0. The number of anilines is 3. The highest BCUT2D eigenvalue weighted by atomic mass is 16.3. The summed E-state index contributed by atoms with van der Waals surface area (Å²) in [7, 11) is 0. The van der Waals surface area contributed by atoms with Gasteiger partial charge in [0.2, 0.25) is 0 Å². The molecule has 2 bridgehead atoms. The van der Waals surface area contributed by atoms with Crippen LogP contribution in [0.3, 0.4) is 0 Å². The Balaban J connectivity index is 1.01. The maximum Gasteiger partial charge on any atom is 0.143 e. The summed E-state index contributed by atoms with van der Waals surface area (Å²) in [6, 6.07) is 57.9. The fraction of sp³-hybridized carbons (Fsp3) is 0.276. The first kappa shape index (κ1) is 34.9. The number of para-hydroxylation sites is 2. The van der Waals surface area contributed by atoms with Gasteiger partial charge in [-0.25, -0.2) is 0 Å². The molecule has 0 radical (unpaired) electrons. The van der Waals surface area contributed by atoms with Crippen LogP contribution in [-0.2, 0) is 10.8 Å². The van der Waals surface area contributed by atoms with Crippen LogP contribution in [0.5, 0.6) is 0 Å². The lowest BCUT2D eigenvalue weighted by atomic mass is 9.49. The summed E-state index contributed by atoms with van der Waals surface area (Å²) in [5, 5.41) is 2.32. The molecule has 5 aliphatic rings. The minimum absolute atomic E-state index is 0.0710. The summed E-state index contributed by atoms with van der Waals surface area (Å²) in [5.41, 5.74) is 19.9. The molecule has 60 heavy (non-hydrogen) atoms. The van der Waals surface area contributed by atoms with E-state index in [1.54, 1.807) is 11.1 Å². The molecule has 0 N–H and O–H groups in total. The molecule has 0 amide bonds. The second-order valence-electron chi connectivity index (χ2n) is 19.4.